The maximum Gasteiger partial charge on any atom is 0.207 e. The molecule has 16 atom stereocenters. The Hall–Kier alpha value is -4.98. The number of nitrogens with one attached hydrogen (secondary N) is 3. The minimum Gasteiger partial charge on any atom is -0.504 e. The summed E-state index contributed by atoms with van der Waals surface area (Å²) in [5, 5.41) is 45.2. The highest BCUT2D eigenvalue weighted by atomic mass is 16.6. The first-order valence-electron chi connectivity index (χ1n) is 32.8. The van der Waals surface area contributed by atoms with Crippen molar-refractivity contribution in [3.63, 3.8) is 0 Å². The third-order valence-electron chi connectivity index (χ3n) is 24.5. The Labute approximate surface area is 494 Å². The second kappa shape index (κ2) is 22.7. The van der Waals surface area contributed by atoms with E-state index in [0.29, 0.717) is 85.0 Å². The number of likely N-dealkylation sites (N-methyl/N-ethyl adjacent to an activating group) is 1. The van der Waals surface area contributed by atoms with Gasteiger partial charge in [-0.1, -0.05) is 94.4 Å². The number of nitrogens with zero attached hydrogens (tertiary/aromatic N) is 1. The van der Waals surface area contributed by atoms with Crippen molar-refractivity contribution in [1.29, 1.82) is 0 Å². The number of hydrogen-bond acceptors (Lipinski definition) is 10. The van der Waals surface area contributed by atoms with E-state index >= 15 is 4.79 Å². The van der Waals surface area contributed by atoms with Crippen molar-refractivity contribution in [2.24, 2.45) is 80.4 Å². The summed E-state index contributed by atoms with van der Waals surface area (Å²) in [6.45, 7) is 3.12. The maximum atomic E-state index is 16.0. The van der Waals surface area contributed by atoms with Gasteiger partial charge in [0.2, 0.25) is 11.7 Å². The van der Waals surface area contributed by atoms with Crippen LogP contribution in [0, 0.1) is 99.4 Å². The van der Waals surface area contributed by atoms with Crippen LogP contribution in [0.4, 0.5) is 5.69 Å². The Morgan fingerprint density at radius 1 is 0.940 bits per heavy atom. The van der Waals surface area contributed by atoms with E-state index in [4.69, 9.17) is 23.9 Å². The molecule has 8 aliphatic carbocycles. The number of aliphatic hydroxyl groups excluding tert-OH is 1. The molecule has 3 aliphatic heterocycles. The summed E-state index contributed by atoms with van der Waals surface area (Å²) in [5.74, 6) is 11.1. The van der Waals surface area contributed by atoms with E-state index in [-0.39, 0.29) is 59.2 Å². The molecule has 0 radical (unpaired) electrons. The standard InChI is InChI=1S/C71H94N4O8/c1-5-46-20-22-52-53(17-13-34-76)55-18-11-30-70(55)51-39-57(75-65(73-3)74-33-12-16-49-15-10-29-69(49,63(78)25-23-56(70)54(52)36-46)41-47-21-24-58(77)60(37-47)80-4)64-61(40-51)82-68(45-72-2)42-62(66(32-35-81-64)27-7-6-8-28-66)67(43-68)31-26-50-38-48-14-9-19-59(48)83-71(50,79)44-67/h21,23-26,31,37,39-40,46,48-50,52-56,59,62,72,76-77,79H,5-11,13-20,22,27-30,34,36,38,41-45H2,1-4H3,(H2,73,74,75). The number of ether oxygens (including phenoxy) is 4. The zero-order valence-corrected chi connectivity index (χ0v) is 50.2. The lowest BCUT2D eigenvalue weighted by molar-refractivity contribution is -0.301. The molecule has 11 aliphatic rings. The number of fused-ring (bicyclic) bond motifs is 13. The smallest absolute Gasteiger partial charge is 0.207 e. The van der Waals surface area contributed by atoms with Crippen LogP contribution in [0.5, 0.6) is 23.0 Å². The third-order valence-corrected chi connectivity index (χ3v) is 24.5. The van der Waals surface area contributed by atoms with Gasteiger partial charge in [0.05, 0.1) is 18.9 Å². The van der Waals surface area contributed by atoms with E-state index in [2.05, 4.69) is 77.2 Å². The average molecular weight is 1130 g/mol. The van der Waals surface area contributed by atoms with E-state index in [1.807, 2.05) is 25.3 Å². The molecule has 6 N–H and O–H groups in total. The molecule has 13 rings (SSSR count). The number of aromatic hydroxyl groups is 1. The molecular weight excluding hydrogens is 1040 g/mol. The molecule has 83 heavy (non-hydrogen) atoms. The summed E-state index contributed by atoms with van der Waals surface area (Å²) in [6.07, 6.45) is 37.5. The Kier molecular flexibility index (Phi) is 15.6. The number of rotatable bonds is 9. The van der Waals surface area contributed by atoms with Crippen LogP contribution >= 0.6 is 0 Å². The molecule has 2 aromatic carbocycles. The van der Waals surface area contributed by atoms with Gasteiger partial charge in [-0.2, -0.15) is 0 Å². The van der Waals surface area contributed by atoms with Gasteiger partial charge >= 0.3 is 0 Å². The number of phenols is 1. The van der Waals surface area contributed by atoms with Crippen molar-refractivity contribution >= 4 is 17.4 Å². The molecule has 1 saturated heterocycles. The SMILES string of the molecule is CCC1CCC2C(C1)C1C=CC(=O)C3(Cc4ccc(O)c(OC)c4)CCCC3CC#CNC(=NC)Nc3cc(cc4c3OC#CC3(CCCCC3)C3CC(CNC)(CC35C=CC3CC6CCCC6OC3(O)C5)O4)C13CCCC3C2CCCO. The molecule has 4 bridgehead atoms. The van der Waals surface area contributed by atoms with Crippen LogP contribution in [0.3, 0.4) is 0 Å². The Bertz CT molecular complexity index is 3000. The predicted octanol–water partition coefficient (Wildman–Crippen LogP) is 12.3. The Morgan fingerprint density at radius 3 is 2.63 bits per heavy atom. The molecule has 0 aromatic heterocycles. The van der Waals surface area contributed by atoms with Crippen LogP contribution in [0.2, 0.25) is 0 Å². The number of aliphatic hydroxyl groups is 2. The lowest BCUT2D eigenvalue weighted by Gasteiger charge is -2.59. The summed E-state index contributed by atoms with van der Waals surface area (Å²) < 4.78 is 27.8. The monoisotopic (exact) mass is 1130 g/mol. The molecule has 446 valence electrons. The first-order chi connectivity index (χ1) is 40.4. The molecule has 7 saturated carbocycles. The summed E-state index contributed by atoms with van der Waals surface area (Å²) in [6, 6.07) is 13.5. The molecule has 2 aromatic rings. The van der Waals surface area contributed by atoms with Crippen LogP contribution < -0.4 is 30.2 Å². The number of anilines is 1. The van der Waals surface area contributed by atoms with Gasteiger partial charge in [0.15, 0.2) is 28.8 Å². The van der Waals surface area contributed by atoms with E-state index in [1.165, 1.54) is 31.2 Å². The van der Waals surface area contributed by atoms with Crippen LogP contribution in [-0.2, 0) is 21.4 Å². The molecule has 0 amide bonds. The van der Waals surface area contributed by atoms with Gasteiger partial charge in [0.25, 0.3) is 0 Å². The van der Waals surface area contributed by atoms with Crippen molar-refractivity contribution in [1.82, 2.24) is 10.6 Å². The van der Waals surface area contributed by atoms with Gasteiger partial charge < -0.3 is 44.9 Å². The lowest BCUT2D eigenvalue weighted by Crippen LogP contribution is -2.56. The van der Waals surface area contributed by atoms with Crippen LogP contribution in [-0.4, -0.2) is 78.9 Å². The Morgan fingerprint density at radius 2 is 1.81 bits per heavy atom. The zero-order chi connectivity index (χ0) is 57.2. The molecule has 8 fully saturated rings. The minimum absolute atomic E-state index is 0.00510. The molecule has 16 unspecified atom stereocenters. The number of benzene rings is 2. The van der Waals surface area contributed by atoms with Crippen molar-refractivity contribution in [3.8, 4) is 47.0 Å². The fraction of sp³-hybridized carbons (Fsp3) is 0.690. The number of carbonyl (C=O) groups is 1. The van der Waals surface area contributed by atoms with Crippen molar-refractivity contribution < 1.29 is 39.1 Å². The average Bonchev–Trinajstić information content (AvgIpc) is 2.75. The number of carbonyl (C=O) groups excluding carboxylic acids is 1. The number of methoxy groups -OCH3 is 1. The van der Waals surface area contributed by atoms with Gasteiger partial charge in [-0.05, 0) is 205 Å². The number of hydrogen-bond donors (Lipinski definition) is 6. The fourth-order valence-corrected chi connectivity index (χ4v) is 21.1. The van der Waals surface area contributed by atoms with Gasteiger partial charge in [0.1, 0.15) is 11.7 Å². The van der Waals surface area contributed by atoms with Crippen LogP contribution in [0.25, 0.3) is 0 Å². The number of phenolic OH excluding ortho intramolecular Hbond substituents is 1. The lowest BCUT2D eigenvalue weighted by atomic mass is 9.45. The first kappa shape index (κ1) is 57.1. The number of ketones is 1. The summed E-state index contributed by atoms with van der Waals surface area (Å²) >= 11 is 0. The summed E-state index contributed by atoms with van der Waals surface area (Å²) in [5.41, 5.74) is 0.234. The van der Waals surface area contributed by atoms with Gasteiger partial charge in [-0.3, -0.25) is 15.1 Å². The number of guanidine groups is 1. The molecular formula is C71H94N4O8. The van der Waals surface area contributed by atoms with Crippen molar-refractivity contribution in [3.05, 3.63) is 65.8 Å². The van der Waals surface area contributed by atoms with Gasteiger partial charge in [-0.25, -0.2) is 0 Å². The zero-order valence-electron chi connectivity index (χ0n) is 50.2. The summed E-state index contributed by atoms with van der Waals surface area (Å²) in [4.78, 5) is 20.8. The normalized spacial score (nSPS) is 40.5. The quantitative estimate of drug-likeness (QED) is 0.105. The fourth-order valence-electron chi connectivity index (χ4n) is 21.1. The minimum atomic E-state index is -1.26. The predicted molar refractivity (Wildman–Crippen MR) is 324 cm³/mol. The maximum absolute atomic E-state index is 16.0. The van der Waals surface area contributed by atoms with Gasteiger partial charge in [0, 0.05) is 66.7 Å². The molecule has 12 heteroatoms. The van der Waals surface area contributed by atoms with Crippen molar-refractivity contribution in [2.45, 2.75) is 197 Å². The van der Waals surface area contributed by atoms with Gasteiger partial charge in [-0.15, -0.1) is 0 Å². The number of allylic oxidation sites excluding steroid dienone is 3. The van der Waals surface area contributed by atoms with Crippen molar-refractivity contribution in [2.75, 3.05) is 39.7 Å². The first-order valence-corrected chi connectivity index (χ1v) is 32.8. The second-order valence-electron chi connectivity index (χ2n) is 28.4. The number of aliphatic imine (C=N–C) groups is 1. The topological polar surface area (TPSA) is 163 Å². The van der Waals surface area contributed by atoms with E-state index < -0.39 is 27.6 Å². The highest BCUT2D eigenvalue weighted by molar-refractivity contribution is 5.97. The van der Waals surface area contributed by atoms with Crippen LogP contribution in [0.1, 0.15) is 179 Å². The largest absolute Gasteiger partial charge is 0.504 e. The highest BCUT2D eigenvalue weighted by Crippen LogP contribution is 2.70. The van der Waals surface area contributed by atoms with E-state index in [9.17, 15) is 15.3 Å². The molecule has 3 spiro atoms. The Balaban J connectivity index is 0.999. The molecule has 3 heterocycles. The molecule has 12 nitrogen and oxygen atoms in total. The summed E-state index contributed by atoms with van der Waals surface area (Å²) in [7, 11) is 5.40. The highest BCUT2D eigenvalue weighted by Gasteiger charge is 2.67. The van der Waals surface area contributed by atoms with E-state index in [1.54, 1.807) is 20.2 Å². The third kappa shape index (κ3) is 9.83. The van der Waals surface area contributed by atoms with Crippen LogP contribution in [0.15, 0.2) is 59.6 Å². The second-order valence-corrected chi connectivity index (χ2v) is 28.4. The van der Waals surface area contributed by atoms with E-state index in [0.717, 1.165) is 127 Å².